The van der Waals surface area contributed by atoms with E-state index in [4.69, 9.17) is 4.74 Å². The first-order valence-corrected chi connectivity index (χ1v) is 8.33. The highest BCUT2D eigenvalue weighted by molar-refractivity contribution is 5.06. The van der Waals surface area contributed by atoms with Crippen LogP contribution in [0.1, 0.15) is 61.8 Å². The van der Waals surface area contributed by atoms with Gasteiger partial charge in [-0.25, -0.2) is 0 Å². The van der Waals surface area contributed by atoms with Gasteiger partial charge in [0.05, 0.1) is 11.2 Å². The van der Waals surface area contributed by atoms with Crippen molar-refractivity contribution in [2.75, 3.05) is 19.6 Å². The van der Waals surface area contributed by atoms with Gasteiger partial charge in [-0.1, -0.05) is 13.8 Å². The van der Waals surface area contributed by atoms with Crippen molar-refractivity contribution in [3.05, 3.63) is 0 Å². The average molecular weight is 284 g/mol. The lowest BCUT2D eigenvalue weighted by Gasteiger charge is -2.36. The summed E-state index contributed by atoms with van der Waals surface area (Å²) in [7, 11) is 0. The molecule has 1 saturated heterocycles. The fraction of sp³-hybridized carbons (Fsp3) is 1.00. The first-order valence-electron chi connectivity index (χ1n) is 8.33. The fourth-order valence-electron chi connectivity index (χ4n) is 3.74. The lowest BCUT2D eigenvalue weighted by Crippen LogP contribution is -2.51. The third kappa shape index (κ3) is 3.96. The van der Waals surface area contributed by atoms with Crippen LogP contribution in [-0.2, 0) is 4.74 Å². The van der Waals surface area contributed by atoms with Crippen LogP contribution in [0.15, 0.2) is 0 Å². The Hall–Kier alpha value is -0.120. The lowest BCUT2D eigenvalue weighted by atomic mass is 9.82. The molecule has 2 atom stereocenters. The maximum absolute atomic E-state index is 6.38. The molecule has 3 heteroatoms. The van der Waals surface area contributed by atoms with Crippen LogP contribution in [0.4, 0.5) is 0 Å². The standard InChI is InChI=1S/C17H36N2O/c1-9-11-19(13(3)4)12-14-15(18-10-2)17(7,8)20-16(14,5)6/h13-15,18H,9-12H2,1-8H3. The summed E-state index contributed by atoms with van der Waals surface area (Å²) >= 11 is 0. The number of hydrogen-bond acceptors (Lipinski definition) is 3. The van der Waals surface area contributed by atoms with Gasteiger partial charge < -0.3 is 15.0 Å². The molecule has 1 N–H and O–H groups in total. The van der Waals surface area contributed by atoms with Gasteiger partial charge in [-0.15, -0.1) is 0 Å². The number of ether oxygens (including phenoxy) is 1. The van der Waals surface area contributed by atoms with Crippen molar-refractivity contribution >= 4 is 0 Å². The van der Waals surface area contributed by atoms with Gasteiger partial charge in [-0.2, -0.15) is 0 Å². The second kappa shape index (κ2) is 6.76. The van der Waals surface area contributed by atoms with E-state index in [0.29, 0.717) is 18.0 Å². The molecule has 0 radical (unpaired) electrons. The second-order valence-electron chi connectivity index (χ2n) is 7.54. The highest BCUT2D eigenvalue weighted by Crippen LogP contribution is 2.42. The maximum atomic E-state index is 6.38. The Bertz CT molecular complexity index is 299. The molecular weight excluding hydrogens is 248 g/mol. The zero-order valence-corrected chi connectivity index (χ0v) is 14.9. The third-order valence-electron chi connectivity index (χ3n) is 4.67. The Morgan fingerprint density at radius 2 is 1.70 bits per heavy atom. The maximum Gasteiger partial charge on any atom is 0.0790 e. The molecule has 20 heavy (non-hydrogen) atoms. The molecule has 120 valence electrons. The van der Waals surface area contributed by atoms with Gasteiger partial charge in [0.15, 0.2) is 0 Å². The van der Waals surface area contributed by atoms with E-state index in [1.807, 2.05) is 0 Å². The number of likely N-dealkylation sites (N-methyl/N-ethyl adjacent to an activating group) is 1. The number of rotatable bonds is 7. The second-order valence-corrected chi connectivity index (χ2v) is 7.54. The third-order valence-corrected chi connectivity index (χ3v) is 4.67. The van der Waals surface area contributed by atoms with Gasteiger partial charge in [-0.05, 0) is 61.1 Å². The molecule has 2 unspecified atom stereocenters. The summed E-state index contributed by atoms with van der Waals surface area (Å²) in [5.41, 5.74) is -0.170. The van der Waals surface area contributed by atoms with Crippen LogP contribution in [0.25, 0.3) is 0 Å². The summed E-state index contributed by atoms with van der Waals surface area (Å²) in [5.74, 6) is 0.520. The predicted octanol–water partition coefficient (Wildman–Crippen LogP) is 3.29. The molecule has 0 aromatic rings. The smallest absolute Gasteiger partial charge is 0.0790 e. The van der Waals surface area contributed by atoms with Crippen LogP contribution in [0.5, 0.6) is 0 Å². The Morgan fingerprint density at radius 3 is 2.15 bits per heavy atom. The highest BCUT2D eigenvalue weighted by atomic mass is 16.5. The van der Waals surface area contributed by atoms with E-state index < -0.39 is 0 Å². The van der Waals surface area contributed by atoms with Gasteiger partial charge in [0.1, 0.15) is 0 Å². The van der Waals surface area contributed by atoms with Gasteiger partial charge in [0.2, 0.25) is 0 Å². The van der Waals surface area contributed by atoms with Crippen molar-refractivity contribution < 1.29 is 4.74 Å². The van der Waals surface area contributed by atoms with Crippen molar-refractivity contribution in [3.8, 4) is 0 Å². The molecule has 1 rings (SSSR count). The first-order chi connectivity index (χ1) is 9.15. The Labute approximate surface area is 126 Å². The normalized spacial score (nSPS) is 28.5. The van der Waals surface area contributed by atoms with Gasteiger partial charge in [0, 0.05) is 24.5 Å². The molecule has 0 aliphatic carbocycles. The quantitative estimate of drug-likeness (QED) is 0.776. The van der Waals surface area contributed by atoms with Gasteiger partial charge in [-0.3, -0.25) is 0 Å². The Kier molecular flexibility index (Phi) is 6.06. The minimum Gasteiger partial charge on any atom is -0.368 e. The van der Waals surface area contributed by atoms with Crippen LogP contribution in [-0.4, -0.2) is 47.8 Å². The van der Waals surface area contributed by atoms with Crippen molar-refractivity contribution in [3.63, 3.8) is 0 Å². The SMILES string of the molecule is CCCN(CC1C(NCC)C(C)(C)OC1(C)C)C(C)C. The van der Waals surface area contributed by atoms with Gasteiger partial charge >= 0.3 is 0 Å². The topological polar surface area (TPSA) is 24.5 Å². The monoisotopic (exact) mass is 284 g/mol. The highest BCUT2D eigenvalue weighted by Gasteiger charge is 2.53. The van der Waals surface area contributed by atoms with Crippen LogP contribution in [0, 0.1) is 5.92 Å². The van der Waals surface area contributed by atoms with E-state index in [1.54, 1.807) is 0 Å². The summed E-state index contributed by atoms with van der Waals surface area (Å²) < 4.78 is 6.38. The molecule has 0 aromatic carbocycles. The van der Waals surface area contributed by atoms with Crippen molar-refractivity contribution in [1.29, 1.82) is 0 Å². The Morgan fingerprint density at radius 1 is 1.10 bits per heavy atom. The molecule has 0 aromatic heterocycles. The molecule has 3 nitrogen and oxygen atoms in total. The van der Waals surface area contributed by atoms with Gasteiger partial charge in [0.25, 0.3) is 0 Å². The molecule has 1 aliphatic rings. The first kappa shape index (κ1) is 17.9. The Balaban J connectivity index is 2.92. The van der Waals surface area contributed by atoms with Crippen LogP contribution in [0.2, 0.25) is 0 Å². The number of nitrogens with zero attached hydrogens (tertiary/aromatic N) is 1. The number of hydrogen-bond donors (Lipinski definition) is 1. The predicted molar refractivity (Wildman–Crippen MR) is 87.2 cm³/mol. The van der Waals surface area contributed by atoms with Crippen LogP contribution < -0.4 is 5.32 Å². The van der Waals surface area contributed by atoms with E-state index in [0.717, 1.165) is 13.1 Å². The molecule has 1 aliphatic heterocycles. The molecule has 0 saturated carbocycles. The van der Waals surface area contributed by atoms with Crippen molar-refractivity contribution in [2.45, 2.75) is 85.1 Å². The van der Waals surface area contributed by atoms with Crippen LogP contribution >= 0.6 is 0 Å². The fourth-order valence-corrected chi connectivity index (χ4v) is 3.74. The van der Waals surface area contributed by atoms with E-state index in [9.17, 15) is 0 Å². The lowest BCUT2D eigenvalue weighted by molar-refractivity contribution is -0.0800. The number of nitrogens with one attached hydrogen (secondary N) is 1. The molecule has 0 amide bonds. The molecule has 0 bridgehead atoms. The largest absolute Gasteiger partial charge is 0.368 e. The minimum absolute atomic E-state index is 0.0722. The van der Waals surface area contributed by atoms with Crippen LogP contribution in [0.3, 0.4) is 0 Å². The average Bonchev–Trinajstić information content (AvgIpc) is 2.46. The van der Waals surface area contributed by atoms with E-state index in [-0.39, 0.29) is 11.2 Å². The molecule has 1 heterocycles. The van der Waals surface area contributed by atoms with E-state index in [2.05, 4.69) is 65.6 Å². The zero-order valence-electron chi connectivity index (χ0n) is 14.9. The summed E-state index contributed by atoms with van der Waals surface area (Å²) in [5, 5.41) is 3.68. The summed E-state index contributed by atoms with van der Waals surface area (Å²) in [4.78, 5) is 2.60. The molecule has 0 spiro atoms. The zero-order chi connectivity index (χ0) is 15.6. The summed E-state index contributed by atoms with van der Waals surface area (Å²) in [6, 6.07) is 1.01. The molecule has 1 fully saturated rings. The minimum atomic E-state index is -0.0982. The summed E-state index contributed by atoms with van der Waals surface area (Å²) in [6.45, 7) is 21.3. The van der Waals surface area contributed by atoms with E-state index in [1.165, 1.54) is 13.0 Å². The van der Waals surface area contributed by atoms with Crippen molar-refractivity contribution in [1.82, 2.24) is 10.2 Å². The van der Waals surface area contributed by atoms with Crippen molar-refractivity contribution in [2.24, 2.45) is 5.92 Å². The molecular formula is C17H36N2O. The summed E-state index contributed by atoms with van der Waals surface area (Å²) in [6.07, 6.45) is 1.21. The van der Waals surface area contributed by atoms with E-state index >= 15 is 0 Å².